The highest BCUT2D eigenvalue weighted by atomic mass is 35.5. The summed E-state index contributed by atoms with van der Waals surface area (Å²) in [7, 11) is -3.13. The van der Waals surface area contributed by atoms with Gasteiger partial charge in [0.15, 0.2) is 0 Å². The van der Waals surface area contributed by atoms with E-state index in [0.29, 0.717) is 44.7 Å². The van der Waals surface area contributed by atoms with Gasteiger partial charge >= 0.3 is 6.03 Å². The summed E-state index contributed by atoms with van der Waals surface area (Å²) in [4.78, 5) is 14.1. The highest BCUT2D eigenvalue weighted by molar-refractivity contribution is 7.88. The molecule has 3 rings (SSSR count). The van der Waals surface area contributed by atoms with Crippen LogP contribution in [0.15, 0.2) is 18.2 Å². The zero-order valence-electron chi connectivity index (χ0n) is 15.7. The second-order valence-corrected chi connectivity index (χ2v) is 9.63. The summed E-state index contributed by atoms with van der Waals surface area (Å²) in [5.74, 6) is -0.528. The van der Waals surface area contributed by atoms with Gasteiger partial charge < -0.3 is 15.0 Å². The van der Waals surface area contributed by atoms with Crippen molar-refractivity contribution in [2.24, 2.45) is 0 Å². The van der Waals surface area contributed by atoms with Gasteiger partial charge in [-0.3, -0.25) is 0 Å². The molecule has 1 aromatic carbocycles. The number of anilines is 1. The quantitative estimate of drug-likeness (QED) is 0.791. The van der Waals surface area contributed by atoms with Gasteiger partial charge in [0.05, 0.1) is 23.5 Å². The first kappa shape index (κ1) is 21.3. The molecule has 0 aromatic heterocycles. The van der Waals surface area contributed by atoms with Gasteiger partial charge in [-0.25, -0.2) is 21.9 Å². The molecule has 2 aliphatic rings. The molecule has 2 saturated heterocycles. The van der Waals surface area contributed by atoms with Crippen LogP contribution in [0.5, 0.6) is 0 Å². The van der Waals surface area contributed by atoms with Crippen molar-refractivity contribution < 1.29 is 22.3 Å². The molecule has 2 fully saturated rings. The third-order valence-electron chi connectivity index (χ3n) is 5.15. The Bertz CT molecular complexity index is 807. The minimum Gasteiger partial charge on any atom is -0.375 e. The van der Waals surface area contributed by atoms with E-state index in [4.69, 9.17) is 16.3 Å². The van der Waals surface area contributed by atoms with Crippen LogP contribution in [0.2, 0.25) is 5.02 Å². The number of nitrogens with one attached hydrogen (secondary N) is 1. The first-order valence-electron chi connectivity index (χ1n) is 9.34. The van der Waals surface area contributed by atoms with Gasteiger partial charge in [-0.2, -0.15) is 0 Å². The maximum atomic E-state index is 13.2. The minimum absolute atomic E-state index is 0.0353. The van der Waals surface area contributed by atoms with E-state index in [2.05, 4.69) is 5.32 Å². The van der Waals surface area contributed by atoms with E-state index in [1.807, 2.05) is 0 Å². The molecule has 0 radical (unpaired) electrons. The molecule has 156 valence electrons. The molecular formula is C18H25ClFN3O4S. The Labute approximate surface area is 169 Å². The number of benzene rings is 1. The molecule has 1 aromatic rings. The van der Waals surface area contributed by atoms with E-state index in [9.17, 15) is 17.6 Å². The monoisotopic (exact) mass is 433 g/mol. The Morgan fingerprint density at radius 3 is 2.25 bits per heavy atom. The fourth-order valence-corrected chi connectivity index (χ4v) is 4.60. The standard InChI is InChI=1S/C18H25ClFN3O4S/c1-28(25,26)23-10-6-15(7-11-23)27-14-4-8-22(9-5-14)18(24)21-13-2-3-17(20)16(19)12-13/h2-3,12,14-15H,4-11H2,1H3,(H,21,24). The number of ether oxygens (including phenoxy) is 1. The van der Waals surface area contributed by atoms with Crippen molar-refractivity contribution in [1.82, 2.24) is 9.21 Å². The Morgan fingerprint density at radius 2 is 1.71 bits per heavy atom. The number of piperidine rings is 2. The van der Waals surface area contributed by atoms with Gasteiger partial charge in [0.25, 0.3) is 0 Å². The zero-order chi connectivity index (χ0) is 20.3. The average molecular weight is 434 g/mol. The lowest BCUT2D eigenvalue weighted by Crippen LogP contribution is -2.45. The van der Waals surface area contributed by atoms with Crippen molar-refractivity contribution >= 4 is 33.3 Å². The number of carbonyl (C=O) groups is 1. The predicted molar refractivity (Wildman–Crippen MR) is 106 cm³/mol. The predicted octanol–water partition coefficient (Wildman–Crippen LogP) is 2.92. The number of sulfonamides is 1. The highest BCUT2D eigenvalue weighted by Crippen LogP contribution is 2.23. The number of halogens is 2. The Balaban J connectivity index is 1.42. The summed E-state index contributed by atoms with van der Waals surface area (Å²) >= 11 is 5.74. The van der Waals surface area contributed by atoms with Crippen LogP contribution >= 0.6 is 11.6 Å². The topological polar surface area (TPSA) is 79.0 Å². The van der Waals surface area contributed by atoms with Crippen LogP contribution in [0, 0.1) is 5.82 Å². The van der Waals surface area contributed by atoms with Crippen LogP contribution in [0.25, 0.3) is 0 Å². The number of urea groups is 1. The van der Waals surface area contributed by atoms with Gasteiger partial charge in [-0.1, -0.05) is 11.6 Å². The lowest BCUT2D eigenvalue weighted by Gasteiger charge is -2.36. The number of hydrogen-bond acceptors (Lipinski definition) is 4. The van der Waals surface area contributed by atoms with E-state index in [1.165, 1.54) is 28.8 Å². The summed E-state index contributed by atoms with van der Waals surface area (Å²) in [5.41, 5.74) is 0.451. The Hall–Kier alpha value is -1.42. The summed E-state index contributed by atoms with van der Waals surface area (Å²) in [5, 5.41) is 2.69. The molecule has 2 amide bonds. The first-order valence-corrected chi connectivity index (χ1v) is 11.6. The van der Waals surface area contributed by atoms with E-state index < -0.39 is 15.8 Å². The fourth-order valence-electron chi connectivity index (χ4n) is 3.54. The number of hydrogen-bond donors (Lipinski definition) is 1. The molecular weight excluding hydrogens is 409 g/mol. The Morgan fingerprint density at radius 1 is 1.14 bits per heavy atom. The van der Waals surface area contributed by atoms with Crippen molar-refractivity contribution in [2.45, 2.75) is 37.9 Å². The summed E-state index contributed by atoms with van der Waals surface area (Å²) in [6.45, 7) is 2.11. The molecule has 0 bridgehead atoms. The van der Waals surface area contributed by atoms with Crippen LogP contribution in [-0.2, 0) is 14.8 Å². The van der Waals surface area contributed by atoms with E-state index >= 15 is 0 Å². The molecule has 0 aliphatic carbocycles. The highest BCUT2D eigenvalue weighted by Gasteiger charge is 2.29. The molecule has 28 heavy (non-hydrogen) atoms. The second-order valence-electron chi connectivity index (χ2n) is 7.24. The maximum absolute atomic E-state index is 13.2. The van der Waals surface area contributed by atoms with Crippen LogP contribution < -0.4 is 5.32 Å². The van der Waals surface area contributed by atoms with Crippen LogP contribution in [0.4, 0.5) is 14.9 Å². The smallest absolute Gasteiger partial charge is 0.321 e. The van der Waals surface area contributed by atoms with Crippen molar-refractivity contribution in [3.63, 3.8) is 0 Å². The Kier molecular flexibility index (Phi) is 6.80. The maximum Gasteiger partial charge on any atom is 0.321 e. The number of rotatable bonds is 4. The van der Waals surface area contributed by atoms with Crippen LogP contribution in [0.3, 0.4) is 0 Å². The number of likely N-dealkylation sites (tertiary alicyclic amines) is 1. The second kappa shape index (κ2) is 8.94. The zero-order valence-corrected chi connectivity index (χ0v) is 17.3. The third kappa shape index (κ3) is 5.56. The summed E-state index contributed by atoms with van der Waals surface area (Å²) < 4.78 is 44.0. The molecule has 0 unspecified atom stereocenters. The lowest BCUT2D eigenvalue weighted by atomic mass is 10.1. The van der Waals surface area contributed by atoms with Gasteiger partial charge in [-0.05, 0) is 43.9 Å². The van der Waals surface area contributed by atoms with Crippen molar-refractivity contribution in [3.05, 3.63) is 29.0 Å². The van der Waals surface area contributed by atoms with Crippen LogP contribution in [-0.4, -0.2) is 68.3 Å². The van der Waals surface area contributed by atoms with Gasteiger partial charge in [0, 0.05) is 31.9 Å². The SMILES string of the molecule is CS(=O)(=O)N1CCC(OC2CCN(C(=O)Nc3ccc(F)c(Cl)c3)CC2)CC1. The van der Waals surface area contributed by atoms with Gasteiger partial charge in [0.2, 0.25) is 10.0 Å². The summed E-state index contributed by atoms with van der Waals surface area (Å²) in [6, 6.07) is 3.82. The summed E-state index contributed by atoms with van der Waals surface area (Å²) in [6.07, 6.45) is 4.20. The molecule has 0 atom stereocenters. The number of carbonyl (C=O) groups excluding carboxylic acids is 1. The molecule has 0 spiro atoms. The van der Waals surface area contributed by atoms with Gasteiger partial charge in [-0.15, -0.1) is 0 Å². The third-order valence-corrected chi connectivity index (χ3v) is 6.75. The number of amides is 2. The van der Waals surface area contributed by atoms with E-state index in [-0.39, 0.29) is 23.3 Å². The van der Waals surface area contributed by atoms with E-state index in [0.717, 1.165) is 12.8 Å². The normalized spacial score (nSPS) is 20.3. The molecule has 7 nitrogen and oxygen atoms in total. The number of nitrogens with zero attached hydrogens (tertiary/aromatic N) is 2. The van der Waals surface area contributed by atoms with Crippen molar-refractivity contribution in [3.8, 4) is 0 Å². The average Bonchev–Trinajstić information content (AvgIpc) is 2.65. The molecule has 1 N–H and O–H groups in total. The molecule has 0 saturated carbocycles. The van der Waals surface area contributed by atoms with Crippen molar-refractivity contribution in [1.29, 1.82) is 0 Å². The fraction of sp³-hybridized carbons (Fsp3) is 0.611. The minimum atomic E-state index is -3.13. The first-order chi connectivity index (χ1) is 13.2. The van der Waals surface area contributed by atoms with E-state index in [1.54, 1.807) is 4.90 Å². The lowest BCUT2D eigenvalue weighted by molar-refractivity contribution is -0.0542. The van der Waals surface area contributed by atoms with Crippen molar-refractivity contribution in [2.75, 3.05) is 37.8 Å². The molecule has 2 heterocycles. The van der Waals surface area contributed by atoms with Gasteiger partial charge in [0.1, 0.15) is 5.82 Å². The largest absolute Gasteiger partial charge is 0.375 e. The molecule has 2 aliphatic heterocycles. The van der Waals surface area contributed by atoms with Crippen LogP contribution in [0.1, 0.15) is 25.7 Å². The molecule has 10 heteroatoms.